The number of hydrogen-bond donors (Lipinski definition) is 1. The molecule has 23 heavy (non-hydrogen) atoms. The van der Waals surface area contributed by atoms with Crippen molar-refractivity contribution in [1.29, 1.82) is 0 Å². The van der Waals surface area contributed by atoms with Gasteiger partial charge in [0.15, 0.2) is 0 Å². The number of carbonyl (C=O) groups is 1. The van der Waals surface area contributed by atoms with E-state index in [-0.39, 0.29) is 11.8 Å². The maximum absolute atomic E-state index is 12.7. The molecule has 1 aromatic carbocycles. The van der Waals surface area contributed by atoms with Gasteiger partial charge in [0.05, 0.1) is 11.4 Å². The highest BCUT2D eigenvalue weighted by Crippen LogP contribution is 2.32. The molecule has 1 aliphatic carbocycles. The average Bonchev–Trinajstić information content (AvgIpc) is 3.39. The predicted molar refractivity (Wildman–Crippen MR) is 95.9 cm³/mol. The van der Waals surface area contributed by atoms with E-state index >= 15 is 0 Å². The number of carbonyl (C=O) groups excluding carboxylic acids is 1. The van der Waals surface area contributed by atoms with Crippen molar-refractivity contribution in [3.8, 4) is 0 Å². The van der Waals surface area contributed by atoms with Gasteiger partial charge in [-0.15, -0.1) is 0 Å². The first-order chi connectivity index (χ1) is 11.1. The summed E-state index contributed by atoms with van der Waals surface area (Å²) in [7, 11) is 2.07. The van der Waals surface area contributed by atoms with E-state index in [4.69, 9.17) is 0 Å². The van der Waals surface area contributed by atoms with Gasteiger partial charge in [-0.3, -0.25) is 4.79 Å². The van der Waals surface area contributed by atoms with Crippen molar-refractivity contribution in [2.75, 3.05) is 30.4 Å². The van der Waals surface area contributed by atoms with Crippen molar-refractivity contribution in [2.45, 2.75) is 51.6 Å². The molecule has 0 unspecified atom stereocenters. The van der Waals surface area contributed by atoms with Crippen LogP contribution in [0.3, 0.4) is 0 Å². The van der Waals surface area contributed by atoms with E-state index in [1.54, 1.807) is 0 Å². The Morgan fingerprint density at radius 1 is 1.17 bits per heavy atom. The van der Waals surface area contributed by atoms with Crippen molar-refractivity contribution in [3.05, 3.63) is 24.3 Å². The van der Waals surface area contributed by atoms with Crippen LogP contribution in [0.2, 0.25) is 0 Å². The Hall–Kier alpha value is -1.55. The Morgan fingerprint density at radius 3 is 2.43 bits per heavy atom. The van der Waals surface area contributed by atoms with Crippen LogP contribution in [0, 0.1) is 5.92 Å². The second-order valence-electron chi connectivity index (χ2n) is 7.25. The van der Waals surface area contributed by atoms with Crippen LogP contribution in [0.5, 0.6) is 0 Å². The molecule has 0 spiro atoms. The summed E-state index contributed by atoms with van der Waals surface area (Å²) in [6.07, 6.45) is 4.69. The lowest BCUT2D eigenvalue weighted by atomic mass is 9.95. The van der Waals surface area contributed by atoms with Crippen molar-refractivity contribution in [3.63, 3.8) is 0 Å². The summed E-state index contributed by atoms with van der Waals surface area (Å²) in [5.74, 6) is 0.340. The van der Waals surface area contributed by atoms with Crippen molar-refractivity contribution >= 4 is 17.3 Å². The third-order valence-corrected chi connectivity index (χ3v) is 5.28. The van der Waals surface area contributed by atoms with E-state index in [2.05, 4.69) is 42.1 Å². The molecule has 1 aromatic rings. The van der Waals surface area contributed by atoms with Crippen LogP contribution in [0.25, 0.3) is 0 Å². The topological polar surface area (TPSA) is 35.6 Å². The summed E-state index contributed by atoms with van der Waals surface area (Å²) in [6.45, 7) is 6.48. The molecule has 0 radical (unpaired) electrons. The highest BCUT2D eigenvalue weighted by atomic mass is 16.1. The number of nitrogens with one attached hydrogen (secondary N) is 1. The first kappa shape index (κ1) is 16.3. The van der Waals surface area contributed by atoms with Gasteiger partial charge in [-0.25, -0.2) is 0 Å². The number of nitrogens with zero attached hydrogens (tertiary/aromatic N) is 2. The van der Waals surface area contributed by atoms with E-state index in [1.165, 1.54) is 12.8 Å². The lowest BCUT2D eigenvalue weighted by Gasteiger charge is -2.32. The van der Waals surface area contributed by atoms with E-state index in [9.17, 15) is 4.79 Å². The maximum atomic E-state index is 12.7. The van der Waals surface area contributed by atoms with Gasteiger partial charge in [0.2, 0.25) is 5.91 Å². The van der Waals surface area contributed by atoms with Gasteiger partial charge in [0.1, 0.15) is 0 Å². The van der Waals surface area contributed by atoms with Crippen molar-refractivity contribution < 1.29 is 4.79 Å². The van der Waals surface area contributed by atoms with E-state index in [1.807, 2.05) is 18.2 Å². The number of amides is 1. The molecule has 2 aliphatic rings. The number of hydrogen-bond acceptors (Lipinski definition) is 3. The fourth-order valence-corrected chi connectivity index (χ4v) is 3.37. The van der Waals surface area contributed by atoms with Gasteiger partial charge in [-0.05, 0) is 64.8 Å². The van der Waals surface area contributed by atoms with E-state index in [0.29, 0.717) is 6.04 Å². The largest absolute Gasteiger partial charge is 0.370 e. The van der Waals surface area contributed by atoms with Crippen LogP contribution in [0.4, 0.5) is 11.4 Å². The second-order valence-corrected chi connectivity index (χ2v) is 7.25. The molecule has 1 saturated carbocycles. The summed E-state index contributed by atoms with van der Waals surface area (Å²) in [6, 6.07) is 9.31. The second kappa shape index (κ2) is 6.91. The molecule has 0 aromatic heterocycles. The fourth-order valence-electron chi connectivity index (χ4n) is 3.37. The Morgan fingerprint density at radius 2 is 1.83 bits per heavy atom. The zero-order valence-corrected chi connectivity index (χ0v) is 14.6. The number of piperidine rings is 1. The number of benzene rings is 1. The standard InChI is InChI=1S/C19H29N3O/c1-14(2)21(3)18-7-5-4-6-17(18)20-19(23)15-10-12-22(13-11-15)16-8-9-16/h4-7,14-16H,8-13H2,1-3H3,(H,20,23). The molecule has 126 valence electrons. The molecule has 4 nitrogen and oxygen atoms in total. The summed E-state index contributed by atoms with van der Waals surface area (Å²) in [4.78, 5) is 17.4. The lowest BCUT2D eigenvalue weighted by molar-refractivity contribution is -0.121. The number of para-hydroxylation sites is 2. The molecule has 1 saturated heterocycles. The number of rotatable bonds is 5. The van der Waals surface area contributed by atoms with Crippen LogP contribution < -0.4 is 10.2 Å². The predicted octanol–water partition coefficient (Wildman–Crippen LogP) is 3.34. The molecular formula is C19H29N3O. The highest BCUT2D eigenvalue weighted by Gasteiger charge is 2.33. The zero-order valence-electron chi connectivity index (χ0n) is 14.6. The van der Waals surface area contributed by atoms with Gasteiger partial charge >= 0.3 is 0 Å². The molecular weight excluding hydrogens is 286 g/mol. The molecule has 1 amide bonds. The van der Waals surface area contributed by atoms with Crippen molar-refractivity contribution in [2.24, 2.45) is 5.92 Å². The van der Waals surface area contributed by atoms with Crippen LogP contribution in [0.1, 0.15) is 39.5 Å². The van der Waals surface area contributed by atoms with E-state index in [0.717, 1.165) is 43.3 Å². The third kappa shape index (κ3) is 3.86. The summed E-state index contributed by atoms with van der Waals surface area (Å²) in [5, 5.41) is 3.18. The Bertz CT molecular complexity index is 545. The first-order valence-corrected chi connectivity index (χ1v) is 8.93. The minimum Gasteiger partial charge on any atom is -0.370 e. The lowest BCUT2D eigenvalue weighted by Crippen LogP contribution is -2.39. The Kier molecular flexibility index (Phi) is 4.90. The zero-order chi connectivity index (χ0) is 16.4. The van der Waals surface area contributed by atoms with Gasteiger partial charge < -0.3 is 15.1 Å². The van der Waals surface area contributed by atoms with Crippen LogP contribution in [0.15, 0.2) is 24.3 Å². The Labute approximate surface area is 139 Å². The van der Waals surface area contributed by atoms with Gasteiger partial charge in [-0.2, -0.15) is 0 Å². The average molecular weight is 315 g/mol. The normalized spacial score (nSPS) is 19.8. The summed E-state index contributed by atoms with van der Waals surface area (Å²) < 4.78 is 0. The molecule has 1 heterocycles. The molecule has 0 atom stereocenters. The molecule has 3 rings (SSSR count). The highest BCUT2D eigenvalue weighted by molar-refractivity contribution is 5.95. The fraction of sp³-hybridized carbons (Fsp3) is 0.632. The molecule has 1 aliphatic heterocycles. The first-order valence-electron chi connectivity index (χ1n) is 8.93. The third-order valence-electron chi connectivity index (χ3n) is 5.28. The minimum absolute atomic E-state index is 0.155. The molecule has 1 N–H and O–H groups in total. The van der Waals surface area contributed by atoms with Crippen LogP contribution >= 0.6 is 0 Å². The van der Waals surface area contributed by atoms with E-state index < -0.39 is 0 Å². The van der Waals surface area contributed by atoms with Crippen LogP contribution in [-0.2, 0) is 4.79 Å². The van der Waals surface area contributed by atoms with Gasteiger partial charge in [-0.1, -0.05) is 12.1 Å². The van der Waals surface area contributed by atoms with Crippen LogP contribution in [-0.4, -0.2) is 43.0 Å². The quantitative estimate of drug-likeness (QED) is 0.905. The summed E-state index contributed by atoms with van der Waals surface area (Å²) in [5.41, 5.74) is 2.02. The minimum atomic E-state index is 0.155. The Balaban J connectivity index is 1.61. The molecule has 0 bridgehead atoms. The monoisotopic (exact) mass is 315 g/mol. The summed E-state index contributed by atoms with van der Waals surface area (Å²) >= 11 is 0. The number of anilines is 2. The number of likely N-dealkylation sites (tertiary alicyclic amines) is 1. The SMILES string of the molecule is CC(C)N(C)c1ccccc1NC(=O)C1CCN(C2CC2)CC1. The van der Waals surface area contributed by atoms with Gasteiger partial charge in [0, 0.05) is 25.0 Å². The van der Waals surface area contributed by atoms with Gasteiger partial charge in [0.25, 0.3) is 0 Å². The molecule has 4 heteroatoms. The molecule has 2 fully saturated rings. The van der Waals surface area contributed by atoms with Crippen molar-refractivity contribution in [1.82, 2.24) is 4.90 Å². The maximum Gasteiger partial charge on any atom is 0.227 e. The smallest absolute Gasteiger partial charge is 0.227 e.